The van der Waals surface area contributed by atoms with E-state index in [0.29, 0.717) is 6.61 Å². The van der Waals surface area contributed by atoms with Crippen LogP contribution < -0.4 is 24.9 Å². The van der Waals surface area contributed by atoms with Gasteiger partial charge in [0, 0.05) is 82.9 Å². The van der Waals surface area contributed by atoms with Crippen LogP contribution in [0, 0.1) is 0 Å². The summed E-state index contributed by atoms with van der Waals surface area (Å²) >= 11 is 0. The van der Waals surface area contributed by atoms with Crippen molar-refractivity contribution in [2.24, 2.45) is 0 Å². The zero-order valence-electron chi connectivity index (χ0n) is 20.8. The second-order valence-corrected chi connectivity index (χ2v) is 9.63. The molecule has 3 aliphatic heterocycles. The monoisotopic (exact) mass is 485 g/mol. The first-order chi connectivity index (χ1) is 17.8. The van der Waals surface area contributed by atoms with E-state index in [4.69, 9.17) is 14.7 Å². The molecule has 4 heterocycles. The van der Waals surface area contributed by atoms with Gasteiger partial charge in [-0.2, -0.15) is 4.98 Å². The summed E-state index contributed by atoms with van der Waals surface area (Å²) in [6.07, 6.45) is -0.0320. The van der Waals surface area contributed by atoms with E-state index < -0.39 is 0 Å². The van der Waals surface area contributed by atoms with Crippen LogP contribution in [0.15, 0.2) is 66.7 Å². The van der Waals surface area contributed by atoms with Crippen LogP contribution in [0.1, 0.15) is 11.8 Å². The van der Waals surface area contributed by atoms with Gasteiger partial charge in [-0.05, 0) is 24.3 Å². The Labute approximate surface area is 213 Å². The number of anilines is 4. The summed E-state index contributed by atoms with van der Waals surface area (Å²) in [5, 5.41) is 3.45. The van der Waals surface area contributed by atoms with E-state index in [1.807, 2.05) is 0 Å². The van der Waals surface area contributed by atoms with Gasteiger partial charge >= 0.3 is 0 Å². The zero-order valence-corrected chi connectivity index (χ0v) is 20.8. The zero-order chi connectivity index (χ0) is 24.2. The molecule has 3 aromatic rings. The molecule has 0 saturated carbocycles. The number of benzene rings is 2. The normalized spacial score (nSPS) is 21.1. The molecule has 0 radical (unpaired) electrons. The molecule has 0 aliphatic carbocycles. The minimum atomic E-state index is -0.0320. The molecule has 3 aliphatic rings. The lowest BCUT2D eigenvalue weighted by Gasteiger charge is -2.38. The number of rotatable bonds is 5. The molecule has 6 rings (SSSR count). The van der Waals surface area contributed by atoms with Crippen LogP contribution in [-0.4, -0.2) is 82.0 Å². The second-order valence-electron chi connectivity index (χ2n) is 9.63. The van der Waals surface area contributed by atoms with Crippen LogP contribution >= 0.6 is 0 Å². The maximum Gasteiger partial charge on any atom is 0.227 e. The lowest BCUT2D eigenvalue weighted by Crippen LogP contribution is -2.48. The topological polar surface area (TPSA) is 60.0 Å². The van der Waals surface area contributed by atoms with Crippen molar-refractivity contribution < 1.29 is 4.74 Å². The molecule has 1 unspecified atom stereocenters. The Kier molecular flexibility index (Phi) is 6.87. The number of nitrogens with one attached hydrogen (secondary N) is 1. The predicted octanol–water partition coefficient (Wildman–Crippen LogP) is 2.79. The van der Waals surface area contributed by atoms with E-state index in [2.05, 4.69) is 91.6 Å². The quantitative estimate of drug-likeness (QED) is 0.592. The highest BCUT2D eigenvalue weighted by Gasteiger charge is 2.26. The van der Waals surface area contributed by atoms with Crippen LogP contribution in [0.2, 0.25) is 0 Å². The second kappa shape index (κ2) is 10.7. The van der Waals surface area contributed by atoms with Gasteiger partial charge in [0.05, 0.1) is 12.3 Å². The molecule has 0 bridgehead atoms. The molecule has 2 aromatic carbocycles. The first-order valence-electron chi connectivity index (χ1n) is 13.1. The standard InChI is InChI=1S/C28H35N7O/c1-3-7-23(8-4-1)32-12-16-34(17-13-32)27-21-25(26-22-29-11-20-36-26)30-28(31-27)35-18-14-33(15-19-35)24-9-5-2-6-10-24/h1-10,21,26,29H,11-20,22H2. The van der Waals surface area contributed by atoms with E-state index in [-0.39, 0.29) is 6.10 Å². The van der Waals surface area contributed by atoms with Gasteiger partial charge in [0.15, 0.2) is 0 Å². The number of ether oxygens (including phenoxy) is 1. The fourth-order valence-corrected chi connectivity index (χ4v) is 5.30. The van der Waals surface area contributed by atoms with E-state index >= 15 is 0 Å². The van der Waals surface area contributed by atoms with Gasteiger partial charge in [-0.15, -0.1) is 0 Å². The van der Waals surface area contributed by atoms with Gasteiger partial charge in [-0.1, -0.05) is 36.4 Å². The predicted molar refractivity (Wildman–Crippen MR) is 145 cm³/mol. The Morgan fingerprint density at radius 3 is 1.78 bits per heavy atom. The summed E-state index contributed by atoms with van der Waals surface area (Å²) in [4.78, 5) is 19.8. The van der Waals surface area contributed by atoms with Gasteiger partial charge in [0.1, 0.15) is 11.9 Å². The van der Waals surface area contributed by atoms with Crippen molar-refractivity contribution in [2.75, 3.05) is 91.7 Å². The van der Waals surface area contributed by atoms with E-state index in [0.717, 1.165) is 82.9 Å². The van der Waals surface area contributed by atoms with Crippen molar-refractivity contribution in [3.8, 4) is 0 Å². The molecule has 3 saturated heterocycles. The first-order valence-corrected chi connectivity index (χ1v) is 13.1. The summed E-state index contributed by atoms with van der Waals surface area (Å²) in [5.41, 5.74) is 3.56. The molecule has 3 fully saturated rings. The van der Waals surface area contributed by atoms with Crippen molar-refractivity contribution in [1.29, 1.82) is 0 Å². The largest absolute Gasteiger partial charge is 0.369 e. The number of hydrogen-bond acceptors (Lipinski definition) is 8. The third-order valence-corrected chi connectivity index (χ3v) is 7.39. The van der Waals surface area contributed by atoms with E-state index in [1.165, 1.54) is 11.4 Å². The summed E-state index contributed by atoms with van der Waals surface area (Å²) in [5.74, 6) is 1.84. The lowest BCUT2D eigenvalue weighted by atomic mass is 10.2. The highest BCUT2D eigenvalue weighted by Crippen LogP contribution is 2.27. The Balaban J connectivity index is 1.20. The van der Waals surface area contributed by atoms with Crippen molar-refractivity contribution in [3.05, 3.63) is 72.4 Å². The summed E-state index contributed by atoms with van der Waals surface area (Å²) < 4.78 is 6.09. The highest BCUT2D eigenvalue weighted by molar-refractivity contribution is 5.53. The van der Waals surface area contributed by atoms with Crippen LogP contribution in [0.3, 0.4) is 0 Å². The molecule has 188 valence electrons. The molecule has 36 heavy (non-hydrogen) atoms. The summed E-state index contributed by atoms with van der Waals surface area (Å²) in [6.45, 7) is 9.98. The van der Waals surface area contributed by atoms with Crippen LogP contribution in [-0.2, 0) is 4.74 Å². The number of aromatic nitrogens is 2. The average Bonchev–Trinajstić information content (AvgIpc) is 2.98. The summed E-state index contributed by atoms with van der Waals surface area (Å²) in [7, 11) is 0. The number of piperazine rings is 2. The third kappa shape index (κ3) is 5.10. The van der Waals surface area contributed by atoms with Gasteiger partial charge in [0.25, 0.3) is 0 Å². The highest BCUT2D eigenvalue weighted by atomic mass is 16.5. The minimum Gasteiger partial charge on any atom is -0.369 e. The fourth-order valence-electron chi connectivity index (χ4n) is 5.30. The molecule has 8 heteroatoms. The maximum atomic E-state index is 6.09. The molecule has 8 nitrogen and oxygen atoms in total. The number of para-hydroxylation sites is 2. The number of hydrogen-bond donors (Lipinski definition) is 1. The van der Waals surface area contributed by atoms with Crippen molar-refractivity contribution >= 4 is 23.1 Å². The van der Waals surface area contributed by atoms with Crippen LogP contribution in [0.4, 0.5) is 23.1 Å². The van der Waals surface area contributed by atoms with Crippen molar-refractivity contribution in [3.63, 3.8) is 0 Å². The minimum absolute atomic E-state index is 0.0320. The molecule has 0 amide bonds. The molecule has 1 aromatic heterocycles. The average molecular weight is 486 g/mol. The van der Waals surface area contributed by atoms with Crippen molar-refractivity contribution in [2.45, 2.75) is 6.10 Å². The Morgan fingerprint density at radius 1 is 0.667 bits per heavy atom. The molecule has 0 spiro atoms. The number of morpholine rings is 1. The molecule has 1 atom stereocenters. The Hall–Kier alpha value is -3.36. The van der Waals surface area contributed by atoms with Crippen LogP contribution in [0.25, 0.3) is 0 Å². The molecule has 1 N–H and O–H groups in total. The number of nitrogens with zero attached hydrogens (tertiary/aromatic N) is 6. The molecular weight excluding hydrogens is 450 g/mol. The SMILES string of the molecule is c1ccc(N2CCN(c3cc(C4CNCCO4)nc(N4CCN(c5ccccc5)CC4)n3)CC2)cc1. The van der Waals surface area contributed by atoms with Gasteiger partial charge < -0.3 is 29.7 Å². The Morgan fingerprint density at radius 2 is 1.22 bits per heavy atom. The van der Waals surface area contributed by atoms with E-state index in [1.54, 1.807) is 0 Å². The smallest absolute Gasteiger partial charge is 0.227 e. The summed E-state index contributed by atoms with van der Waals surface area (Å²) in [6, 6.07) is 23.5. The third-order valence-electron chi connectivity index (χ3n) is 7.39. The molecular formula is C28H35N7O. The van der Waals surface area contributed by atoms with Gasteiger partial charge in [0.2, 0.25) is 5.95 Å². The van der Waals surface area contributed by atoms with Gasteiger partial charge in [-0.3, -0.25) is 0 Å². The Bertz CT molecular complexity index is 1030. The van der Waals surface area contributed by atoms with Gasteiger partial charge in [-0.25, -0.2) is 4.98 Å². The van der Waals surface area contributed by atoms with Crippen molar-refractivity contribution in [1.82, 2.24) is 15.3 Å². The van der Waals surface area contributed by atoms with Crippen LogP contribution in [0.5, 0.6) is 0 Å². The maximum absolute atomic E-state index is 6.09. The van der Waals surface area contributed by atoms with E-state index in [9.17, 15) is 0 Å². The first kappa shape index (κ1) is 23.1. The lowest BCUT2D eigenvalue weighted by molar-refractivity contribution is 0.0250. The fraction of sp³-hybridized carbons (Fsp3) is 0.429.